The molecule has 0 aromatic carbocycles. The van der Waals surface area contributed by atoms with E-state index in [0.29, 0.717) is 11.4 Å². The summed E-state index contributed by atoms with van der Waals surface area (Å²) < 4.78 is 9.55. The first-order chi connectivity index (χ1) is 9.20. The van der Waals surface area contributed by atoms with Crippen LogP contribution in [0.25, 0.3) is 11.2 Å². The molecule has 2 unspecified atom stereocenters. The minimum absolute atomic E-state index is 0.0356. The molecule has 2 aliphatic rings. The van der Waals surface area contributed by atoms with E-state index in [2.05, 4.69) is 9.97 Å². The van der Waals surface area contributed by atoms with Gasteiger partial charge in [-0.3, -0.25) is 4.79 Å². The number of aliphatic hydroxyl groups excluding tert-OH is 1. The van der Waals surface area contributed by atoms with Crippen molar-refractivity contribution in [3.63, 3.8) is 0 Å². The number of imidazole rings is 1. The van der Waals surface area contributed by atoms with Gasteiger partial charge in [-0.1, -0.05) is 0 Å². The fraction of sp³-hybridized carbons (Fsp3) is 0.583. The topological polar surface area (TPSA) is 82.2 Å². The zero-order valence-electron chi connectivity index (χ0n) is 10.4. The van der Waals surface area contributed by atoms with Gasteiger partial charge < -0.3 is 19.0 Å². The molecule has 1 aliphatic heterocycles. The number of ether oxygens (including phenoxy) is 1. The van der Waals surface area contributed by atoms with Crippen molar-refractivity contribution in [2.45, 2.75) is 24.7 Å². The number of aromatic nitrogens is 4. The van der Waals surface area contributed by atoms with Gasteiger partial charge in [0.05, 0.1) is 31.2 Å². The van der Waals surface area contributed by atoms with Gasteiger partial charge in [-0.05, 0) is 6.42 Å². The molecular weight excluding hydrogens is 248 g/mol. The van der Waals surface area contributed by atoms with E-state index in [1.54, 1.807) is 10.9 Å². The van der Waals surface area contributed by atoms with E-state index in [9.17, 15) is 4.79 Å². The molecule has 4 atom stereocenters. The van der Waals surface area contributed by atoms with Crippen molar-refractivity contribution in [1.29, 1.82) is 0 Å². The van der Waals surface area contributed by atoms with Crippen LogP contribution in [0.2, 0.25) is 0 Å². The van der Waals surface area contributed by atoms with Crippen LogP contribution in [0.1, 0.15) is 12.5 Å². The molecule has 1 N–H and O–H groups in total. The highest BCUT2D eigenvalue weighted by molar-refractivity contribution is 5.70. The second-order valence-electron chi connectivity index (χ2n) is 5.28. The molecule has 7 heteroatoms. The van der Waals surface area contributed by atoms with E-state index < -0.39 is 0 Å². The Kier molecular flexibility index (Phi) is 2.13. The standard InChI is InChI=1S/C12H14N4O3/c1-15-4-14-11(18)8-12(15)16(5-13-8)9-7-2-6(3-17)19-10(7)9/h4-7,9-10,17H,2-3H2,1H3/t6-,7?,9?,10+/m0/s1. The summed E-state index contributed by atoms with van der Waals surface area (Å²) in [5, 5.41) is 9.08. The first kappa shape index (κ1) is 11.1. The number of rotatable bonds is 2. The summed E-state index contributed by atoms with van der Waals surface area (Å²) in [6, 6.07) is 0.223. The summed E-state index contributed by atoms with van der Waals surface area (Å²) in [5.41, 5.74) is 0.879. The minimum Gasteiger partial charge on any atom is -0.394 e. The first-order valence-electron chi connectivity index (χ1n) is 6.35. The molecular formula is C12H14N4O3. The van der Waals surface area contributed by atoms with Gasteiger partial charge in [0, 0.05) is 13.0 Å². The molecule has 19 heavy (non-hydrogen) atoms. The van der Waals surface area contributed by atoms with E-state index in [4.69, 9.17) is 9.84 Å². The third-order valence-electron chi connectivity index (χ3n) is 4.12. The van der Waals surface area contributed by atoms with Crippen LogP contribution in [0, 0.1) is 5.92 Å². The third-order valence-corrected chi connectivity index (χ3v) is 4.12. The van der Waals surface area contributed by atoms with Gasteiger partial charge in [0.1, 0.15) is 12.0 Å². The maximum absolute atomic E-state index is 11.7. The third kappa shape index (κ3) is 1.42. The molecule has 1 saturated carbocycles. The predicted molar refractivity (Wildman–Crippen MR) is 65.7 cm³/mol. The molecule has 2 aromatic rings. The molecule has 3 heterocycles. The van der Waals surface area contributed by atoms with E-state index >= 15 is 0 Å². The lowest BCUT2D eigenvalue weighted by molar-refractivity contribution is 0.0214. The summed E-state index contributed by atoms with van der Waals surface area (Å²) in [6.45, 7) is 0.0762. The summed E-state index contributed by atoms with van der Waals surface area (Å²) in [7, 11) is 1.85. The Morgan fingerprint density at radius 3 is 3.00 bits per heavy atom. The van der Waals surface area contributed by atoms with Crippen LogP contribution in [0.3, 0.4) is 0 Å². The van der Waals surface area contributed by atoms with E-state index in [0.717, 1.165) is 12.1 Å². The second kappa shape index (κ2) is 3.64. The lowest BCUT2D eigenvalue weighted by atomic mass is 10.2. The number of aliphatic hydroxyl groups is 1. The lowest BCUT2D eigenvalue weighted by Crippen LogP contribution is -2.18. The monoisotopic (exact) mass is 262 g/mol. The van der Waals surface area contributed by atoms with Gasteiger partial charge in [-0.2, -0.15) is 4.98 Å². The highest BCUT2D eigenvalue weighted by atomic mass is 16.5. The van der Waals surface area contributed by atoms with Crippen molar-refractivity contribution in [3.8, 4) is 0 Å². The largest absolute Gasteiger partial charge is 0.394 e. The fourth-order valence-electron chi connectivity index (χ4n) is 3.17. The summed E-state index contributed by atoms with van der Waals surface area (Å²) in [5.74, 6) is 0.415. The molecule has 2 fully saturated rings. The Morgan fingerprint density at radius 2 is 2.32 bits per heavy atom. The average molecular weight is 262 g/mol. The normalized spacial score (nSPS) is 32.7. The van der Waals surface area contributed by atoms with Gasteiger partial charge >= 0.3 is 5.56 Å². The average Bonchev–Trinajstić information content (AvgIpc) is 2.85. The van der Waals surface area contributed by atoms with Crippen molar-refractivity contribution in [2.75, 3.05) is 6.61 Å². The number of aryl methyl sites for hydroxylation is 1. The van der Waals surface area contributed by atoms with Gasteiger partial charge in [-0.25, -0.2) is 4.98 Å². The molecule has 0 amide bonds. The summed E-state index contributed by atoms with van der Waals surface area (Å²) >= 11 is 0. The van der Waals surface area contributed by atoms with Gasteiger partial charge in [0.15, 0.2) is 5.52 Å². The van der Waals surface area contributed by atoms with Crippen molar-refractivity contribution in [1.82, 2.24) is 19.1 Å². The van der Waals surface area contributed by atoms with Crippen LogP contribution in [0.4, 0.5) is 0 Å². The molecule has 1 saturated heterocycles. The molecule has 0 bridgehead atoms. The Morgan fingerprint density at radius 1 is 1.47 bits per heavy atom. The van der Waals surface area contributed by atoms with E-state index in [1.807, 2.05) is 11.6 Å². The minimum atomic E-state index is -0.299. The first-order valence-corrected chi connectivity index (χ1v) is 6.35. The molecule has 100 valence electrons. The number of hydrogen-bond donors (Lipinski definition) is 1. The highest BCUT2D eigenvalue weighted by Crippen LogP contribution is 2.55. The van der Waals surface area contributed by atoms with Crippen LogP contribution in [0.5, 0.6) is 0 Å². The Bertz CT molecular complexity index is 695. The summed E-state index contributed by atoms with van der Waals surface area (Å²) in [4.78, 5) is 19.6. The molecule has 1 aliphatic carbocycles. The molecule has 7 nitrogen and oxygen atoms in total. The SMILES string of the molecule is Cn1cnc(=O)c2ncn(C3C4C[C@@H](CO)O[C@H]43)c21. The van der Waals surface area contributed by atoms with Gasteiger partial charge in [0.2, 0.25) is 0 Å². The molecule has 0 radical (unpaired) electrons. The van der Waals surface area contributed by atoms with Crippen LogP contribution >= 0.6 is 0 Å². The Hall–Kier alpha value is -1.73. The van der Waals surface area contributed by atoms with Crippen molar-refractivity contribution >= 4 is 11.2 Å². The highest BCUT2D eigenvalue weighted by Gasteiger charge is 2.59. The Balaban J connectivity index is 1.75. The maximum atomic E-state index is 11.7. The predicted octanol–water partition coefficient (Wildman–Crippen LogP) is -0.549. The van der Waals surface area contributed by atoms with Crippen LogP contribution in [0.15, 0.2) is 17.4 Å². The van der Waals surface area contributed by atoms with Crippen LogP contribution in [-0.4, -0.2) is 43.0 Å². The van der Waals surface area contributed by atoms with Crippen molar-refractivity contribution in [2.24, 2.45) is 13.0 Å². The van der Waals surface area contributed by atoms with E-state index in [1.165, 1.54) is 6.33 Å². The molecule has 0 spiro atoms. The number of nitrogens with zero attached hydrogens (tertiary/aromatic N) is 4. The van der Waals surface area contributed by atoms with Crippen LogP contribution < -0.4 is 5.56 Å². The Labute approximate surface area is 108 Å². The van der Waals surface area contributed by atoms with Crippen molar-refractivity contribution in [3.05, 3.63) is 23.0 Å². The van der Waals surface area contributed by atoms with E-state index in [-0.39, 0.29) is 30.4 Å². The quantitative estimate of drug-likeness (QED) is 0.785. The molecule has 2 aromatic heterocycles. The van der Waals surface area contributed by atoms with Crippen LogP contribution in [-0.2, 0) is 11.8 Å². The number of hydrogen-bond acceptors (Lipinski definition) is 5. The lowest BCUT2D eigenvalue weighted by Gasteiger charge is -2.13. The zero-order chi connectivity index (χ0) is 13.1. The number of fused-ring (bicyclic) bond motifs is 2. The second-order valence-corrected chi connectivity index (χ2v) is 5.28. The molecule has 4 rings (SSSR count). The fourth-order valence-corrected chi connectivity index (χ4v) is 3.17. The zero-order valence-corrected chi connectivity index (χ0v) is 10.4. The van der Waals surface area contributed by atoms with Gasteiger partial charge in [0.25, 0.3) is 0 Å². The smallest absolute Gasteiger partial charge is 0.300 e. The summed E-state index contributed by atoms with van der Waals surface area (Å²) in [6.07, 6.45) is 4.17. The van der Waals surface area contributed by atoms with Gasteiger partial charge in [-0.15, -0.1) is 0 Å². The maximum Gasteiger partial charge on any atom is 0.300 e. The van der Waals surface area contributed by atoms with Crippen molar-refractivity contribution < 1.29 is 9.84 Å².